The number of halogens is 1. The molecule has 0 N–H and O–H groups in total. The molecule has 1 aromatic carbocycles. The molecule has 0 heterocycles. The molecule has 0 saturated carbocycles. The number of ether oxygens (including phenoxy) is 3. The molecule has 0 aliphatic heterocycles. The van der Waals surface area contributed by atoms with E-state index in [0.29, 0.717) is 17.7 Å². The molecular formula is C13H16BrNO6. The van der Waals surface area contributed by atoms with Crippen molar-refractivity contribution < 1.29 is 23.9 Å². The zero-order valence-electron chi connectivity index (χ0n) is 11.5. The predicted octanol–water partition coefficient (Wildman–Crippen LogP) is 2.57. The van der Waals surface area contributed by atoms with Crippen LogP contribution >= 0.6 is 15.9 Å². The number of rotatable bonds is 9. The molecule has 1 aromatic rings. The van der Waals surface area contributed by atoms with Gasteiger partial charge in [-0.2, -0.15) is 0 Å². The van der Waals surface area contributed by atoms with E-state index in [-0.39, 0.29) is 24.5 Å². The minimum Gasteiger partial charge on any atom is -0.460 e. The third-order valence-corrected chi connectivity index (χ3v) is 3.15. The van der Waals surface area contributed by atoms with Gasteiger partial charge in [-0.25, -0.2) is 4.79 Å². The van der Waals surface area contributed by atoms with Crippen LogP contribution in [0, 0.1) is 10.1 Å². The van der Waals surface area contributed by atoms with Gasteiger partial charge in [0, 0.05) is 26.4 Å². The van der Waals surface area contributed by atoms with Gasteiger partial charge in [0.15, 0.2) is 0 Å². The minimum atomic E-state index is -0.619. The standard InChI is InChI=1S/C13H16BrNO6/c1-19-5-2-6-20-7-8-21-13(16)10-3-4-11(14)12(9-10)15(17)18/h3-4,9H,2,5-8H2,1H3. The van der Waals surface area contributed by atoms with Gasteiger partial charge in [-0.1, -0.05) is 0 Å². The third-order valence-electron chi connectivity index (χ3n) is 2.48. The number of nitrogens with zero attached hydrogens (tertiary/aromatic N) is 1. The number of nitro groups is 1. The summed E-state index contributed by atoms with van der Waals surface area (Å²) in [7, 11) is 1.61. The van der Waals surface area contributed by atoms with Crippen molar-refractivity contribution in [3.63, 3.8) is 0 Å². The van der Waals surface area contributed by atoms with Gasteiger partial charge >= 0.3 is 5.97 Å². The maximum absolute atomic E-state index is 11.7. The largest absolute Gasteiger partial charge is 0.460 e. The summed E-state index contributed by atoms with van der Waals surface area (Å²) in [5.74, 6) is -0.619. The van der Waals surface area contributed by atoms with E-state index in [4.69, 9.17) is 14.2 Å². The first-order valence-electron chi connectivity index (χ1n) is 6.24. The molecule has 0 aliphatic rings. The predicted molar refractivity (Wildman–Crippen MR) is 78.4 cm³/mol. The van der Waals surface area contributed by atoms with Gasteiger partial charge in [0.1, 0.15) is 6.61 Å². The molecule has 7 nitrogen and oxygen atoms in total. The lowest BCUT2D eigenvalue weighted by atomic mass is 10.2. The summed E-state index contributed by atoms with van der Waals surface area (Å²) in [5.41, 5.74) is -0.0513. The lowest BCUT2D eigenvalue weighted by molar-refractivity contribution is -0.385. The number of carbonyl (C=O) groups excluding carboxylic acids is 1. The summed E-state index contributed by atoms with van der Waals surface area (Å²) in [6.07, 6.45) is 0.767. The molecule has 0 bridgehead atoms. The van der Waals surface area contributed by atoms with E-state index in [1.165, 1.54) is 18.2 Å². The first kappa shape index (κ1) is 17.5. The van der Waals surface area contributed by atoms with Crippen LogP contribution in [0.15, 0.2) is 22.7 Å². The van der Waals surface area contributed by atoms with E-state index in [0.717, 1.165) is 6.42 Å². The number of benzene rings is 1. The Kier molecular flexibility index (Phi) is 7.88. The van der Waals surface area contributed by atoms with Crippen molar-refractivity contribution in [2.75, 3.05) is 33.5 Å². The molecule has 0 atom stereocenters. The Hall–Kier alpha value is -1.51. The summed E-state index contributed by atoms with van der Waals surface area (Å²) >= 11 is 3.05. The number of hydrogen-bond donors (Lipinski definition) is 0. The van der Waals surface area contributed by atoms with Crippen molar-refractivity contribution in [1.29, 1.82) is 0 Å². The lowest BCUT2D eigenvalue weighted by Crippen LogP contribution is -2.12. The fourth-order valence-corrected chi connectivity index (χ4v) is 1.85. The maximum Gasteiger partial charge on any atom is 0.338 e. The highest BCUT2D eigenvalue weighted by Crippen LogP contribution is 2.25. The summed E-state index contributed by atoms with van der Waals surface area (Å²) in [5, 5.41) is 10.8. The van der Waals surface area contributed by atoms with Gasteiger partial charge in [0.25, 0.3) is 5.69 Å². The van der Waals surface area contributed by atoms with Crippen molar-refractivity contribution in [2.24, 2.45) is 0 Å². The Morgan fingerprint density at radius 1 is 1.29 bits per heavy atom. The molecule has 0 amide bonds. The zero-order chi connectivity index (χ0) is 15.7. The maximum atomic E-state index is 11.7. The summed E-state index contributed by atoms with van der Waals surface area (Å²) in [4.78, 5) is 21.9. The molecule has 0 aromatic heterocycles. The lowest BCUT2D eigenvalue weighted by Gasteiger charge is -2.06. The average Bonchev–Trinajstić information content (AvgIpc) is 2.46. The van der Waals surface area contributed by atoms with Gasteiger partial charge in [-0.05, 0) is 34.5 Å². The van der Waals surface area contributed by atoms with E-state index in [9.17, 15) is 14.9 Å². The van der Waals surface area contributed by atoms with Crippen LogP contribution in [0.25, 0.3) is 0 Å². The average molecular weight is 362 g/mol. The molecule has 0 aliphatic carbocycles. The van der Waals surface area contributed by atoms with Crippen LogP contribution in [-0.2, 0) is 14.2 Å². The van der Waals surface area contributed by atoms with Gasteiger partial charge in [0.05, 0.1) is 21.6 Å². The Morgan fingerprint density at radius 3 is 2.71 bits per heavy atom. The molecule has 1 rings (SSSR count). The van der Waals surface area contributed by atoms with Crippen LogP contribution in [0.2, 0.25) is 0 Å². The molecule has 116 valence electrons. The van der Waals surface area contributed by atoms with Gasteiger partial charge in [-0.15, -0.1) is 0 Å². The molecule has 0 unspecified atom stereocenters. The fraction of sp³-hybridized carbons (Fsp3) is 0.462. The molecule has 8 heteroatoms. The third kappa shape index (κ3) is 6.19. The highest BCUT2D eigenvalue weighted by Gasteiger charge is 2.16. The second-order valence-corrected chi connectivity index (χ2v) is 4.87. The van der Waals surface area contributed by atoms with Crippen LogP contribution in [0.1, 0.15) is 16.8 Å². The van der Waals surface area contributed by atoms with E-state index in [2.05, 4.69) is 15.9 Å². The molecule has 0 radical (unpaired) electrons. The molecule has 0 spiro atoms. The first-order chi connectivity index (χ1) is 10.1. The van der Waals surface area contributed by atoms with Crippen LogP contribution in [0.4, 0.5) is 5.69 Å². The van der Waals surface area contributed by atoms with Crippen molar-refractivity contribution in [2.45, 2.75) is 6.42 Å². The van der Waals surface area contributed by atoms with Crippen molar-refractivity contribution in [3.05, 3.63) is 38.3 Å². The number of methoxy groups -OCH3 is 1. The molecular weight excluding hydrogens is 346 g/mol. The quantitative estimate of drug-likeness (QED) is 0.290. The van der Waals surface area contributed by atoms with Crippen LogP contribution in [0.3, 0.4) is 0 Å². The van der Waals surface area contributed by atoms with Crippen molar-refractivity contribution in [3.8, 4) is 0 Å². The van der Waals surface area contributed by atoms with E-state index in [1.807, 2.05) is 0 Å². The summed E-state index contributed by atoms with van der Waals surface area (Å²) < 4.78 is 15.4. The Bertz CT molecular complexity index is 494. The van der Waals surface area contributed by atoms with Gasteiger partial charge < -0.3 is 14.2 Å². The van der Waals surface area contributed by atoms with Gasteiger partial charge in [-0.3, -0.25) is 10.1 Å². The summed E-state index contributed by atoms with van der Waals surface area (Å²) in [6.45, 7) is 1.50. The van der Waals surface area contributed by atoms with E-state index < -0.39 is 10.9 Å². The Labute approximate surface area is 130 Å². The first-order valence-corrected chi connectivity index (χ1v) is 7.03. The van der Waals surface area contributed by atoms with Crippen LogP contribution in [-0.4, -0.2) is 44.4 Å². The highest BCUT2D eigenvalue weighted by molar-refractivity contribution is 9.10. The topological polar surface area (TPSA) is 87.9 Å². The number of nitro benzene ring substituents is 1. The van der Waals surface area contributed by atoms with Gasteiger partial charge in [0.2, 0.25) is 0 Å². The normalized spacial score (nSPS) is 10.4. The number of hydrogen-bond acceptors (Lipinski definition) is 6. The smallest absolute Gasteiger partial charge is 0.338 e. The Balaban J connectivity index is 2.39. The molecule has 0 fully saturated rings. The van der Waals surface area contributed by atoms with E-state index >= 15 is 0 Å². The Morgan fingerprint density at radius 2 is 2.05 bits per heavy atom. The monoisotopic (exact) mass is 361 g/mol. The van der Waals surface area contributed by atoms with E-state index in [1.54, 1.807) is 7.11 Å². The highest BCUT2D eigenvalue weighted by atomic mass is 79.9. The molecule has 0 saturated heterocycles. The van der Waals surface area contributed by atoms with Crippen molar-refractivity contribution in [1.82, 2.24) is 0 Å². The van der Waals surface area contributed by atoms with Crippen LogP contribution < -0.4 is 0 Å². The fourth-order valence-electron chi connectivity index (χ4n) is 1.46. The van der Waals surface area contributed by atoms with Crippen molar-refractivity contribution >= 4 is 27.6 Å². The summed E-state index contributed by atoms with van der Waals surface area (Å²) in [6, 6.07) is 4.07. The SMILES string of the molecule is COCCCOCCOC(=O)c1ccc(Br)c([N+](=O)[O-])c1. The number of esters is 1. The molecule has 21 heavy (non-hydrogen) atoms. The minimum absolute atomic E-state index is 0.0929. The zero-order valence-corrected chi connectivity index (χ0v) is 13.1. The second-order valence-electron chi connectivity index (χ2n) is 4.02. The number of carbonyl (C=O) groups is 1. The van der Waals surface area contributed by atoms with Crippen LogP contribution in [0.5, 0.6) is 0 Å². The second kappa shape index (κ2) is 9.43.